The predicted octanol–water partition coefficient (Wildman–Crippen LogP) is 3.06. The number of nitrogens with one attached hydrogen (secondary N) is 2. The van der Waals surface area contributed by atoms with E-state index in [2.05, 4.69) is 10.6 Å². The minimum atomic E-state index is -4.56. The van der Waals surface area contributed by atoms with Crippen LogP contribution >= 0.6 is 11.3 Å². The highest BCUT2D eigenvalue weighted by molar-refractivity contribution is 7.10. The smallest absolute Gasteiger partial charge is 0.347 e. The fourth-order valence-electron chi connectivity index (χ4n) is 1.85. The highest BCUT2D eigenvalue weighted by Crippen LogP contribution is 2.34. The van der Waals surface area contributed by atoms with E-state index in [9.17, 15) is 22.8 Å². The molecule has 2 rings (SSSR count). The second kappa shape index (κ2) is 7.28. The number of anilines is 1. The number of rotatable bonds is 5. The Morgan fingerprint density at radius 2 is 1.78 bits per heavy atom. The highest BCUT2D eigenvalue weighted by atomic mass is 32.1. The third-order valence-corrected chi connectivity index (χ3v) is 3.74. The monoisotopic (exact) mass is 342 g/mol. The number of para-hydroxylation sites is 1. The van der Waals surface area contributed by atoms with Crippen molar-refractivity contribution in [2.75, 3.05) is 11.9 Å². The number of carbonyl (C=O) groups excluding carboxylic acids is 2. The van der Waals surface area contributed by atoms with E-state index in [0.717, 1.165) is 17.0 Å². The molecule has 4 nitrogen and oxygen atoms in total. The van der Waals surface area contributed by atoms with Crippen molar-refractivity contribution in [2.45, 2.75) is 12.6 Å². The van der Waals surface area contributed by atoms with Crippen LogP contribution in [0, 0.1) is 0 Å². The summed E-state index contributed by atoms with van der Waals surface area (Å²) in [6, 6.07) is 8.25. The molecule has 0 fully saturated rings. The van der Waals surface area contributed by atoms with E-state index in [-0.39, 0.29) is 18.0 Å². The molecule has 0 aliphatic heterocycles. The molecule has 0 unspecified atom stereocenters. The first kappa shape index (κ1) is 17.0. The van der Waals surface area contributed by atoms with Crippen LogP contribution in [0.3, 0.4) is 0 Å². The van der Waals surface area contributed by atoms with Crippen LogP contribution in [0.5, 0.6) is 0 Å². The number of benzene rings is 1. The van der Waals surface area contributed by atoms with E-state index in [4.69, 9.17) is 0 Å². The zero-order chi connectivity index (χ0) is 16.9. The number of thiophene rings is 1. The minimum Gasteiger partial charge on any atom is -0.347 e. The maximum Gasteiger partial charge on any atom is 0.418 e. The lowest BCUT2D eigenvalue weighted by Gasteiger charge is -2.13. The number of carbonyl (C=O) groups is 2. The summed E-state index contributed by atoms with van der Waals surface area (Å²) in [5, 5.41) is 6.36. The Morgan fingerprint density at radius 3 is 2.43 bits per heavy atom. The number of halogens is 3. The molecule has 2 N–H and O–H groups in total. The van der Waals surface area contributed by atoms with Crippen LogP contribution in [-0.4, -0.2) is 18.4 Å². The van der Waals surface area contributed by atoms with Crippen molar-refractivity contribution in [3.63, 3.8) is 0 Å². The van der Waals surface area contributed by atoms with Gasteiger partial charge in [0.25, 0.3) is 0 Å². The van der Waals surface area contributed by atoms with Gasteiger partial charge in [-0.1, -0.05) is 18.2 Å². The first-order valence-corrected chi connectivity index (χ1v) is 7.49. The van der Waals surface area contributed by atoms with Crippen LogP contribution in [0.1, 0.15) is 10.4 Å². The van der Waals surface area contributed by atoms with Gasteiger partial charge < -0.3 is 10.6 Å². The number of hydrogen-bond acceptors (Lipinski definition) is 3. The lowest BCUT2D eigenvalue weighted by molar-refractivity contribution is -0.137. The van der Waals surface area contributed by atoms with Gasteiger partial charge in [0.05, 0.1) is 24.2 Å². The number of hydrogen-bond donors (Lipinski definition) is 2. The summed E-state index contributed by atoms with van der Waals surface area (Å²) < 4.78 is 38.4. The Kier molecular flexibility index (Phi) is 5.38. The second-order valence-corrected chi connectivity index (χ2v) is 5.66. The van der Waals surface area contributed by atoms with Crippen LogP contribution in [0.15, 0.2) is 41.8 Å². The van der Waals surface area contributed by atoms with Crippen molar-refractivity contribution in [1.29, 1.82) is 0 Å². The van der Waals surface area contributed by atoms with Gasteiger partial charge in [0.1, 0.15) is 0 Å². The fourth-order valence-corrected chi connectivity index (χ4v) is 2.55. The van der Waals surface area contributed by atoms with E-state index in [1.807, 2.05) is 5.38 Å². The molecule has 0 saturated carbocycles. The van der Waals surface area contributed by atoms with Gasteiger partial charge in [0.2, 0.25) is 11.8 Å². The van der Waals surface area contributed by atoms with Crippen molar-refractivity contribution in [3.8, 4) is 0 Å². The summed E-state index contributed by atoms with van der Waals surface area (Å²) in [6.07, 6.45) is -4.43. The molecule has 0 bridgehead atoms. The minimum absolute atomic E-state index is 0.129. The summed E-state index contributed by atoms with van der Waals surface area (Å²) >= 11 is 1.41. The molecule has 1 heterocycles. The van der Waals surface area contributed by atoms with Gasteiger partial charge >= 0.3 is 6.18 Å². The SMILES string of the molecule is O=C(Cc1cccs1)NCC(=O)Nc1ccccc1C(F)(F)F. The lowest BCUT2D eigenvalue weighted by Crippen LogP contribution is -2.34. The normalized spacial score (nSPS) is 11.1. The topological polar surface area (TPSA) is 58.2 Å². The Balaban J connectivity index is 1.89. The molecule has 2 amide bonds. The molecule has 23 heavy (non-hydrogen) atoms. The molecule has 0 aliphatic carbocycles. The molecule has 8 heteroatoms. The zero-order valence-electron chi connectivity index (χ0n) is 11.8. The molecular weight excluding hydrogens is 329 g/mol. The molecule has 1 aromatic heterocycles. The van der Waals surface area contributed by atoms with Crippen LogP contribution < -0.4 is 10.6 Å². The lowest BCUT2D eigenvalue weighted by atomic mass is 10.1. The average molecular weight is 342 g/mol. The fraction of sp³-hybridized carbons (Fsp3) is 0.200. The van der Waals surface area contributed by atoms with Crippen LogP contribution in [0.25, 0.3) is 0 Å². The molecule has 0 aliphatic rings. The van der Waals surface area contributed by atoms with E-state index in [0.29, 0.717) is 0 Å². The van der Waals surface area contributed by atoms with Crippen molar-refractivity contribution < 1.29 is 22.8 Å². The van der Waals surface area contributed by atoms with E-state index in [1.165, 1.54) is 23.5 Å². The molecule has 0 spiro atoms. The molecule has 0 atom stereocenters. The Labute approximate surface area is 134 Å². The van der Waals surface area contributed by atoms with E-state index < -0.39 is 24.2 Å². The third-order valence-electron chi connectivity index (χ3n) is 2.87. The van der Waals surface area contributed by atoms with E-state index >= 15 is 0 Å². The van der Waals surface area contributed by atoms with Gasteiger partial charge in [-0.3, -0.25) is 9.59 Å². The molecule has 0 saturated heterocycles. The van der Waals surface area contributed by atoms with Gasteiger partial charge in [-0.05, 0) is 23.6 Å². The summed E-state index contributed by atoms with van der Waals surface area (Å²) in [7, 11) is 0. The summed E-state index contributed by atoms with van der Waals surface area (Å²) in [5.74, 6) is -1.09. The first-order valence-electron chi connectivity index (χ1n) is 6.61. The molecule has 122 valence electrons. The summed E-state index contributed by atoms with van der Waals surface area (Å²) in [6.45, 7) is -0.392. The number of amides is 2. The zero-order valence-corrected chi connectivity index (χ0v) is 12.6. The van der Waals surface area contributed by atoms with Gasteiger partial charge in [-0.2, -0.15) is 13.2 Å². The predicted molar refractivity (Wildman–Crippen MR) is 81.1 cm³/mol. The van der Waals surface area contributed by atoms with Gasteiger partial charge in [-0.15, -0.1) is 11.3 Å². The van der Waals surface area contributed by atoms with Crippen LogP contribution in [-0.2, 0) is 22.2 Å². The largest absolute Gasteiger partial charge is 0.418 e. The quantitative estimate of drug-likeness (QED) is 0.877. The van der Waals surface area contributed by atoms with Gasteiger partial charge in [0, 0.05) is 4.88 Å². The Morgan fingerprint density at radius 1 is 1.04 bits per heavy atom. The van der Waals surface area contributed by atoms with Gasteiger partial charge in [0.15, 0.2) is 0 Å². The average Bonchev–Trinajstić information content (AvgIpc) is 2.97. The Hall–Kier alpha value is -2.35. The standard InChI is InChI=1S/C15H13F3N2O2S/c16-15(17,18)11-5-1-2-6-12(11)20-14(22)9-19-13(21)8-10-4-3-7-23-10/h1-7H,8-9H2,(H,19,21)(H,20,22). The highest BCUT2D eigenvalue weighted by Gasteiger charge is 2.33. The molecule has 0 radical (unpaired) electrons. The number of alkyl halides is 3. The Bertz CT molecular complexity index is 684. The molecular formula is C15H13F3N2O2S. The van der Waals surface area contributed by atoms with Crippen LogP contribution in [0.2, 0.25) is 0 Å². The molecule has 2 aromatic rings. The summed E-state index contributed by atoms with van der Waals surface area (Å²) in [5.41, 5.74) is -1.27. The molecule has 1 aromatic carbocycles. The maximum absolute atomic E-state index is 12.8. The van der Waals surface area contributed by atoms with Crippen molar-refractivity contribution in [3.05, 3.63) is 52.2 Å². The first-order chi connectivity index (χ1) is 10.9. The summed E-state index contributed by atoms with van der Waals surface area (Å²) in [4.78, 5) is 24.2. The third kappa shape index (κ3) is 5.10. The van der Waals surface area contributed by atoms with Crippen LogP contribution in [0.4, 0.5) is 18.9 Å². The van der Waals surface area contributed by atoms with Crippen molar-refractivity contribution in [1.82, 2.24) is 5.32 Å². The maximum atomic E-state index is 12.8. The van der Waals surface area contributed by atoms with Gasteiger partial charge in [-0.25, -0.2) is 0 Å². The van der Waals surface area contributed by atoms with Crippen molar-refractivity contribution >= 4 is 28.8 Å². The van der Waals surface area contributed by atoms with E-state index in [1.54, 1.807) is 12.1 Å². The van der Waals surface area contributed by atoms with Crippen molar-refractivity contribution in [2.24, 2.45) is 0 Å². The second-order valence-electron chi connectivity index (χ2n) is 4.62.